The summed E-state index contributed by atoms with van der Waals surface area (Å²) in [4.78, 5) is 35.8. The molecule has 1 saturated heterocycles. The molecule has 0 aromatic rings. The van der Waals surface area contributed by atoms with Gasteiger partial charge in [0.05, 0.1) is 0 Å². The number of unbranched alkanes of at least 4 members (excludes halogenated alkanes) is 1. The number of nitrogens with zero attached hydrogens (tertiary/aromatic N) is 1. The lowest BCUT2D eigenvalue weighted by Gasteiger charge is -2.33. The number of carbonyl (C=O) groups is 3. The third-order valence-corrected chi connectivity index (χ3v) is 3.63. The van der Waals surface area contributed by atoms with E-state index in [1.807, 2.05) is 6.92 Å². The van der Waals surface area contributed by atoms with Crippen molar-refractivity contribution in [3.63, 3.8) is 0 Å². The summed E-state index contributed by atoms with van der Waals surface area (Å²) in [5, 5.41) is 14.5. The van der Waals surface area contributed by atoms with Gasteiger partial charge < -0.3 is 20.6 Å². The molecule has 1 rings (SSSR count). The first kappa shape index (κ1) is 17.3. The SMILES string of the molecule is CCCCC(NC(=O)N1CCC(NC(C)=O)CC1)C(=O)O. The van der Waals surface area contributed by atoms with Crippen LogP contribution in [0.4, 0.5) is 4.79 Å². The molecule has 7 heteroatoms. The topological polar surface area (TPSA) is 98.7 Å². The number of urea groups is 1. The number of carboxylic acids is 1. The van der Waals surface area contributed by atoms with Crippen LogP contribution in [0.3, 0.4) is 0 Å². The summed E-state index contributed by atoms with van der Waals surface area (Å²) in [6, 6.07) is -1.06. The Balaban J connectivity index is 2.41. The predicted octanol–water partition coefficient (Wildman–Crippen LogP) is 0.940. The summed E-state index contributed by atoms with van der Waals surface area (Å²) in [5.74, 6) is -1.06. The number of likely N-dealkylation sites (tertiary alicyclic amines) is 1. The molecule has 1 atom stereocenters. The van der Waals surface area contributed by atoms with E-state index in [-0.39, 0.29) is 18.0 Å². The Morgan fingerprint density at radius 1 is 1.29 bits per heavy atom. The van der Waals surface area contributed by atoms with Crippen molar-refractivity contribution in [1.82, 2.24) is 15.5 Å². The largest absolute Gasteiger partial charge is 0.480 e. The van der Waals surface area contributed by atoms with Gasteiger partial charge in [-0.3, -0.25) is 4.79 Å². The number of amides is 3. The van der Waals surface area contributed by atoms with Gasteiger partial charge in [0.25, 0.3) is 0 Å². The van der Waals surface area contributed by atoms with Gasteiger partial charge >= 0.3 is 12.0 Å². The van der Waals surface area contributed by atoms with E-state index in [0.717, 1.165) is 12.8 Å². The van der Waals surface area contributed by atoms with Crippen LogP contribution < -0.4 is 10.6 Å². The maximum atomic E-state index is 12.1. The highest BCUT2D eigenvalue weighted by Crippen LogP contribution is 2.11. The molecule has 7 nitrogen and oxygen atoms in total. The second-order valence-corrected chi connectivity index (χ2v) is 5.44. The molecule has 1 aliphatic heterocycles. The van der Waals surface area contributed by atoms with Gasteiger partial charge in [-0.1, -0.05) is 19.8 Å². The molecular formula is C14H25N3O4. The summed E-state index contributed by atoms with van der Waals surface area (Å²) >= 11 is 0. The lowest BCUT2D eigenvalue weighted by atomic mass is 10.1. The second-order valence-electron chi connectivity index (χ2n) is 5.44. The van der Waals surface area contributed by atoms with E-state index in [2.05, 4.69) is 10.6 Å². The van der Waals surface area contributed by atoms with Crippen molar-refractivity contribution in [1.29, 1.82) is 0 Å². The van der Waals surface area contributed by atoms with Crippen LogP contribution in [0.5, 0.6) is 0 Å². The Kier molecular flexibility index (Phi) is 6.98. The zero-order valence-electron chi connectivity index (χ0n) is 12.7. The summed E-state index contributed by atoms with van der Waals surface area (Å²) < 4.78 is 0. The summed E-state index contributed by atoms with van der Waals surface area (Å²) in [6.07, 6.45) is 3.49. The standard InChI is InChI=1S/C14H25N3O4/c1-3-4-5-12(13(19)20)16-14(21)17-8-6-11(7-9-17)15-10(2)18/h11-12H,3-9H2,1-2H3,(H,15,18)(H,16,21)(H,19,20). The lowest BCUT2D eigenvalue weighted by molar-refractivity contribution is -0.139. The maximum Gasteiger partial charge on any atom is 0.326 e. The molecule has 21 heavy (non-hydrogen) atoms. The Hall–Kier alpha value is -1.79. The Morgan fingerprint density at radius 2 is 1.90 bits per heavy atom. The van der Waals surface area contributed by atoms with Gasteiger partial charge in [-0.25, -0.2) is 9.59 Å². The second kappa shape index (κ2) is 8.49. The molecule has 3 N–H and O–H groups in total. The third kappa shape index (κ3) is 6.01. The van der Waals surface area contributed by atoms with E-state index in [0.29, 0.717) is 32.4 Å². The van der Waals surface area contributed by atoms with Crippen LogP contribution in [0, 0.1) is 0 Å². The quantitative estimate of drug-likeness (QED) is 0.679. The van der Waals surface area contributed by atoms with Gasteiger partial charge in [0.2, 0.25) is 5.91 Å². The smallest absolute Gasteiger partial charge is 0.326 e. The normalized spacial score (nSPS) is 17.1. The maximum absolute atomic E-state index is 12.1. The summed E-state index contributed by atoms with van der Waals surface area (Å²) in [7, 11) is 0. The molecule has 0 bridgehead atoms. The summed E-state index contributed by atoms with van der Waals surface area (Å²) in [6.45, 7) is 4.51. The molecule has 0 aromatic carbocycles. The van der Waals surface area contributed by atoms with Crippen LogP contribution >= 0.6 is 0 Å². The molecular weight excluding hydrogens is 274 g/mol. The minimum atomic E-state index is -0.995. The minimum Gasteiger partial charge on any atom is -0.480 e. The predicted molar refractivity (Wildman–Crippen MR) is 77.9 cm³/mol. The Labute approximate surface area is 125 Å². The first-order valence-corrected chi connectivity index (χ1v) is 7.49. The average molecular weight is 299 g/mol. The number of aliphatic carboxylic acids is 1. The van der Waals surface area contributed by atoms with Crippen LogP contribution in [-0.4, -0.2) is 53.1 Å². The molecule has 0 aromatic heterocycles. The number of hydrogen-bond acceptors (Lipinski definition) is 3. The van der Waals surface area contributed by atoms with Crippen molar-refractivity contribution in [2.24, 2.45) is 0 Å². The number of rotatable bonds is 6. The number of piperidine rings is 1. The van der Waals surface area contributed by atoms with Crippen molar-refractivity contribution in [2.45, 2.75) is 58.0 Å². The van der Waals surface area contributed by atoms with Crippen LogP contribution in [-0.2, 0) is 9.59 Å². The fourth-order valence-electron chi connectivity index (χ4n) is 2.42. The van der Waals surface area contributed by atoms with E-state index in [9.17, 15) is 14.4 Å². The van der Waals surface area contributed by atoms with Crippen LogP contribution in [0.1, 0.15) is 46.0 Å². The number of hydrogen-bond donors (Lipinski definition) is 3. The highest BCUT2D eigenvalue weighted by molar-refractivity contribution is 5.82. The highest BCUT2D eigenvalue weighted by atomic mass is 16.4. The monoisotopic (exact) mass is 299 g/mol. The molecule has 1 fully saturated rings. The highest BCUT2D eigenvalue weighted by Gasteiger charge is 2.26. The molecule has 0 radical (unpaired) electrons. The number of carboxylic acid groups (broad SMARTS) is 1. The van der Waals surface area contributed by atoms with Crippen molar-refractivity contribution in [3.8, 4) is 0 Å². The van der Waals surface area contributed by atoms with Gasteiger partial charge in [0, 0.05) is 26.1 Å². The van der Waals surface area contributed by atoms with Crippen molar-refractivity contribution >= 4 is 17.9 Å². The molecule has 0 saturated carbocycles. The van der Waals surface area contributed by atoms with E-state index in [1.54, 1.807) is 4.90 Å². The van der Waals surface area contributed by atoms with Crippen molar-refractivity contribution in [2.75, 3.05) is 13.1 Å². The van der Waals surface area contributed by atoms with Crippen LogP contribution in [0.15, 0.2) is 0 Å². The van der Waals surface area contributed by atoms with Gasteiger partial charge in [-0.15, -0.1) is 0 Å². The minimum absolute atomic E-state index is 0.0663. The fourth-order valence-corrected chi connectivity index (χ4v) is 2.42. The molecule has 3 amide bonds. The molecule has 0 spiro atoms. The molecule has 120 valence electrons. The third-order valence-electron chi connectivity index (χ3n) is 3.63. The van der Waals surface area contributed by atoms with E-state index in [4.69, 9.17) is 5.11 Å². The van der Waals surface area contributed by atoms with Crippen molar-refractivity contribution in [3.05, 3.63) is 0 Å². The average Bonchev–Trinajstić information content (AvgIpc) is 2.43. The number of carbonyl (C=O) groups excluding carboxylic acids is 2. The summed E-state index contributed by atoms with van der Waals surface area (Å²) in [5.41, 5.74) is 0. The van der Waals surface area contributed by atoms with E-state index in [1.165, 1.54) is 6.92 Å². The zero-order valence-corrected chi connectivity index (χ0v) is 12.7. The van der Waals surface area contributed by atoms with E-state index >= 15 is 0 Å². The zero-order chi connectivity index (χ0) is 15.8. The van der Waals surface area contributed by atoms with Crippen molar-refractivity contribution < 1.29 is 19.5 Å². The van der Waals surface area contributed by atoms with Crippen LogP contribution in [0.2, 0.25) is 0 Å². The van der Waals surface area contributed by atoms with E-state index < -0.39 is 12.0 Å². The Bertz CT molecular complexity index is 378. The molecule has 1 heterocycles. The van der Waals surface area contributed by atoms with Gasteiger partial charge in [0.15, 0.2) is 0 Å². The molecule has 1 aliphatic rings. The van der Waals surface area contributed by atoms with Gasteiger partial charge in [0.1, 0.15) is 6.04 Å². The fraction of sp³-hybridized carbons (Fsp3) is 0.786. The number of nitrogens with one attached hydrogen (secondary N) is 2. The first-order chi connectivity index (χ1) is 9.93. The molecule has 1 unspecified atom stereocenters. The Morgan fingerprint density at radius 3 is 2.38 bits per heavy atom. The lowest BCUT2D eigenvalue weighted by Crippen LogP contribution is -2.52. The first-order valence-electron chi connectivity index (χ1n) is 7.49. The molecule has 0 aliphatic carbocycles. The van der Waals surface area contributed by atoms with Gasteiger partial charge in [-0.05, 0) is 19.3 Å². The van der Waals surface area contributed by atoms with Crippen LogP contribution in [0.25, 0.3) is 0 Å². The van der Waals surface area contributed by atoms with Gasteiger partial charge in [-0.2, -0.15) is 0 Å².